The van der Waals surface area contributed by atoms with E-state index in [2.05, 4.69) is 10.4 Å². The predicted molar refractivity (Wildman–Crippen MR) is 96.9 cm³/mol. The van der Waals surface area contributed by atoms with Crippen LogP contribution in [0, 0.1) is 0 Å². The Bertz CT molecular complexity index is 750. The van der Waals surface area contributed by atoms with Gasteiger partial charge in [-0.1, -0.05) is 12.1 Å². The Kier molecular flexibility index (Phi) is 5.28. The summed E-state index contributed by atoms with van der Waals surface area (Å²) in [5.74, 6) is 0.0345. The fourth-order valence-corrected chi connectivity index (χ4v) is 2.88. The molecule has 0 bridgehead atoms. The van der Waals surface area contributed by atoms with Crippen LogP contribution in [0.2, 0.25) is 0 Å². The van der Waals surface area contributed by atoms with Gasteiger partial charge in [0.05, 0.1) is 6.54 Å². The predicted octanol–water partition coefficient (Wildman–Crippen LogP) is 2.23. The van der Waals surface area contributed by atoms with E-state index in [1.54, 1.807) is 21.9 Å². The molecule has 1 aromatic carbocycles. The number of nitrogens with zero attached hydrogens (tertiary/aromatic N) is 3. The summed E-state index contributed by atoms with van der Waals surface area (Å²) < 4.78 is 1.78. The second-order valence-electron chi connectivity index (χ2n) is 6.21. The van der Waals surface area contributed by atoms with Gasteiger partial charge in [-0.05, 0) is 43.2 Å². The lowest BCUT2D eigenvalue weighted by Crippen LogP contribution is -2.34. The van der Waals surface area contributed by atoms with Gasteiger partial charge in [0, 0.05) is 43.2 Å². The van der Waals surface area contributed by atoms with Crippen molar-refractivity contribution in [3.63, 3.8) is 0 Å². The topological polar surface area (TPSA) is 67.2 Å². The van der Waals surface area contributed by atoms with Crippen LogP contribution in [0.3, 0.4) is 0 Å². The normalized spacial score (nSPS) is 15.7. The van der Waals surface area contributed by atoms with E-state index in [1.165, 1.54) is 6.08 Å². The highest BCUT2D eigenvalue weighted by molar-refractivity contribution is 5.95. The van der Waals surface area contributed by atoms with Crippen molar-refractivity contribution >= 4 is 23.6 Å². The summed E-state index contributed by atoms with van der Waals surface area (Å²) in [6.07, 6.45) is 8.41. The Labute approximate surface area is 147 Å². The van der Waals surface area contributed by atoms with Crippen LogP contribution >= 0.6 is 0 Å². The molecule has 6 nitrogen and oxygen atoms in total. The first-order valence-electron chi connectivity index (χ1n) is 8.48. The summed E-state index contributed by atoms with van der Waals surface area (Å²) >= 11 is 0. The third-order valence-electron chi connectivity index (χ3n) is 4.11. The van der Waals surface area contributed by atoms with Crippen molar-refractivity contribution in [3.05, 3.63) is 54.4 Å². The van der Waals surface area contributed by atoms with Gasteiger partial charge in [-0.15, -0.1) is 0 Å². The minimum atomic E-state index is -0.140. The van der Waals surface area contributed by atoms with Crippen LogP contribution in [0.25, 0.3) is 6.08 Å². The van der Waals surface area contributed by atoms with Gasteiger partial charge in [-0.2, -0.15) is 5.10 Å². The minimum Gasteiger partial charge on any atom is -0.348 e. The summed E-state index contributed by atoms with van der Waals surface area (Å²) in [5.41, 5.74) is 1.84. The summed E-state index contributed by atoms with van der Waals surface area (Å²) in [5, 5.41) is 7.03. The van der Waals surface area contributed by atoms with Crippen molar-refractivity contribution in [1.82, 2.24) is 15.1 Å². The molecule has 130 valence electrons. The van der Waals surface area contributed by atoms with Crippen molar-refractivity contribution < 1.29 is 9.59 Å². The molecule has 0 unspecified atom stereocenters. The number of hydrogen-bond donors (Lipinski definition) is 1. The van der Waals surface area contributed by atoms with Gasteiger partial charge in [-0.25, -0.2) is 0 Å². The molecule has 2 heterocycles. The van der Waals surface area contributed by atoms with Crippen molar-refractivity contribution in [3.8, 4) is 0 Å². The molecule has 0 aliphatic carbocycles. The first-order chi connectivity index (χ1) is 12.1. The minimum absolute atomic E-state index is 0.0133. The Hall–Kier alpha value is -2.89. The molecule has 6 heteroatoms. The number of aromatic nitrogens is 2. The van der Waals surface area contributed by atoms with Crippen molar-refractivity contribution in [2.24, 2.45) is 0 Å². The smallest absolute Gasteiger partial charge is 0.244 e. The maximum absolute atomic E-state index is 12.0. The van der Waals surface area contributed by atoms with Crippen LogP contribution in [0.5, 0.6) is 0 Å². The quantitative estimate of drug-likeness (QED) is 0.821. The van der Waals surface area contributed by atoms with Crippen molar-refractivity contribution in [1.29, 1.82) is 0 Å². The van der Waals surface area contributed by atoms with E-state index in [0.29, 0.717) is 13.0 Å². The summed E-state index contributed by atoms with van der Waals surface area (Å²) in [6, 6.07) is 9.51. The Morgan fingerprint density at radius 2 is 2.16 bits per heavy atom. The average Bonchev–Trinajstić information content (AvgIpc) is 3.25. The van der Waals surface area contributed by atoms with Gasteiger partial charge >= 0.3 is 0 Å². The van der Waals surface area contributed by atoms with Crippen LogP contribution in [0.1, 0.15) is 25.3 Å². The highest BCUT2D eigenvalue weighted by Crippen LogP contribution is 2.21. The van der Waals surface area contributed by atoms with E-state index in [0.717, 1.165) is 24.2 Å². The van der Waals surface area contributed by atoms with Gasteiger partial charge in [0.25, 0.3) is 0 Å². The van der Waals surface area contributed by atoms with Gasteiger partial charge in [-0.3, -0.25) is 14.3 Å². The van der Waals surface area contributed by atoms with E-state index in [-0.39, 0.29) is 17.9 Å². The summed E-state index contributed by atoms with van der Waals surface area (Å²) in [4.78, 5) is 25.5. The third-order valence-corrected chi connectivity index (χ3v) is 4.11. The zero-order valence-electron chi connectivity index (χ0n) is 14.3. The second-order valence-corrected chi connectivity index (χ2v) is 6.21. The standard InChI is InChI=1S/C19H22N4O2/c1-15(14-22-12-3-11-20-22)21-18(24)10-7-16-5-8-17(9-6-16)23-13-2-4-19(23)25/h3,5-12,15H,2,4,13-14H2,1H3,(H,21,24)/b10-7+/t15-/m1/s1. The Balaban J connectivity index is 1.52. The number of nitrogens with one attached hydrogen (secondary N) is 1. The van der Waals surface area contributed by atoms with E-state index in [1.807, 2.05) is 43.5 Å². The van der Waals surface area contributed by atoms with Crippen LogP contribution in [0.4, 0.5) is 5.69 Å². The molecular weight excluding hydrogens is 316 g/mol. The van der Waals surface area contributed by atoms with Crippen LogP contribution < -0.4 is 10.2 Å². The monoisotopic (exact) mass is 338 g/mol. The molecule has 0 radical (unpaired) electrons. The maximum atomic E-state index is 12.0. The molecule has 1 aliphatic rings. The fraction of sp³-hybridized carbons (Fsp3) is 0.316. The molecule has 25 heavy (non-hydrogen) atoms. The number of carbonyl (C=O) groups is 2. The number of carbonyl (C=O) groups excluding carboxylic acids is 2. The number of benzene rings is 1. The second kappa shape index (κ2) is 7.79. The van der Waals surface area contributed by atoms with E-state index >= 15 is 0 Å². The van der Waals surface area contributed by atoms with Crippen molar-refractivity contribution in [2.75, 3.05) is 11.4 Å². The van der Waals surface area contributed by atoms with E-state index in [4.69, 9.17) is 0 Å². The Morgan fingerprint density at radius 3 is 2.80 bits per heavy atom. The van der Waals surface area contributed by atoms with Crippen LogP contribution in [-0.4, -0.2) is 34.2 Å². The van der Waals surface area contributed by atoms with Crippen LogP contribution in [-0.2, 0) is 16.1 Å². The molecule has 2 amide bonds. The van der Waals surface area contributed by atoms with Gasteiger partial charge in [0.15, 0.2) is 0 Å². The van der Waals surface area contributed by atoms with E-state index in [9.17, 15) is 9.59 Å². The van der Waals surface area contributed by atoms with Crippen molar-refractivity contribution in [2.45, 2.75) is 32.4 Å². The highest BCUT2D eigenvalue weighted by Gasteiger charge is 2.21. The number of rotatable bonds is 6. The molecule has 1 fully saturated rings. The molecule has 0 spiro atoms. The Morgan fingerprint density at radius 1 is 1.36 bits per heavy atom. The molecule has 1 N–H and O–H groups in total. The molecule has 3 rings (SSSR count). The fourth-order valence-electron chi connectivity index (χ4n) is 2.88. The lowest BCUT2D eigenvalue weighted by Gasteiger charge is -2.15. The lowest BCUT2D eigenvalue weighted by atomic mass is 10.2. The molecule has 0 saturated carbocycles. The highest BCUT2D eigenvalue weighted by atomic mass is 16.2. The number of amides is 2. The lowest BCUT2D eigenvalue weighted by molar-refractivity contribution is -0.117. The molecule has 1 atom stereocenters. The third kappa shape index (κ3) is 4.56. The zero-order chi connectivity index (χ0) is 17.6. The first-order valence-corrected chi connectivity index (χ1v) is 8.48. The molecule has 1 aliphatic heterocycles. The first kappa shape index (κ1) is 17.0. The summed E-state index contributed by atoms with van der Waals surface area (Å²) in [7, 11) is 0. The molecule has 1 saturated heterocycles. The number of anilines is 1. The average molecular weight is 338 g/mol. The molecule has 1 aromatic heterocycles. The largest absolute Gasteiger partial charge is 0.348 e. The van der Waals surface area contributed by atoms with Gasteiger partial charge in [0.1, 0.15) is 0 Å². The van der Waals surface area contributed by atoms with E-state index < -0.39 is 0 Å². The van der Waals surface area contributed by atoms with Gasteiger partial charge in [0.2, 0.25) is 11.8 Å². The molecule has 2 aromatic rings. The molecular formula is C19H22N4O2. The van der Waals surface area contributed by atoms with Gasteiger partial charge < -0.3 is 10.2 Å². The maximum Gasteiger partial charge on any atom is 0.244 e. The SMILES string of the molecule is C[C@H](Cn1cccn1)NC(=O)/C=C/c1ccc(N2CCCC2=O)cc1. The summed E-state index contributed by atoms with van der Waals surface area (Å²) in [6.45, 7) is 3.35. The number of hydrogen-bond acceptors (Lipinski definition) is 3. The zero-order valence-corrected chi connectivity index (χ0v) is 14.3. The van der Waals surface area contributed by atoms with Crippen LogP contribution in [0.15, 0.2) is 48.8 Å².